The molecule has 0 amide bonds. The molecule has 6 heteroatoms. The molecule has 0 fully saturated rings. The van der Waals surface area contributed by atoms with Crippen molar-refractivity contribution in [2.45, 2.75) is 24.7 Å². The lowest BCUT2D eigenvalue weighted by molar-refractivity contribution is 0.614. The van der Waals surface area contributed by atoms with Gasteiger partial charge in [-0.05, 0) is 24.1 Å². The summed E-state index contributed by atoms with van der Waals surface area (Å²) in [7, 11) is 0. The van der Waals surface area contributed by atoms with Gasteiger partial charge < -0.3 is 0 Å². The summed E-state index contributed by atoms with van der Waals surface area (Å²) in [6.45, 7) is 2.54. The fourth-order valence-electron chi connectivity index (χ4n) is 1.57. The van der Waals surface area contributed by atoms with Gasteiger partial charge in [-0.1, -0.05) is 45.7 Å². The van der Waals surface area contributed by atoms with Crippen LogP contribution in [0.4, 0.5) is 4.39 Å². The molecule has 96 valence electrons. The molecule has 0 spiro atoms. The SMILES string of the molecule is CCC(Br)c1cn(Cc2ccc(Cl)c(F)c2)nn1. The van der Waals surface area contributed by atoms with E-state index in [1.807, 2.05) is 6.20 Å². The van der Waals surface area contributed by atoms with Crippen LogP contribution in [0.3, 0.4) is 0 Å². The average molecular weight is 333 g/mol. The highest BCUT2D eigenvalue weighted by Crippen LogP contribution is 2.23. The van der Waals surface area contributed by atoms with E-state index < -0.39 is 5.82 Å². The summed E-state index contributed by atoms with van der Waals surface area (Å²) < 4.78 is 15.0. The molecule has 0 N–H and O–H groups in total. The highest BCUT2D eigenvalue weighted by atomic mass is 79.9. The molecule has 0 bridgehead atoms. The normalized spacial score (nSPS) is 12.7. The van der Waals surface area contributed by atoms with E-state index in [-0.39, 0.29) is 9.85 Å². The molecule has 1 aromatic carbocycles. The molecule has 0 saturated heterocycles. The Morgan fingerprint density at radius 1 is 1.50 bits per heavy atom. The summed E-state index contributed by atoms with van der Waals surface area (Å²) in [4.78, 5) is 0.202. The molecule has 1 aromatic heterocycles. The average Bonchev–Trinajstić information content (AvgIpc) is 2.81. The Morgan fingerprint density at radius 3 is 2.94 bits per heavy atom. The fourth-order valence-corrected chi connectivity index (χ4v) is 1.90. The van der Waals surface area contributed by atoms with Gasteiger partial charge in [-0.15, -0.1) is 5.10 Å². The maximum atomic E-state index is 13.3. The second-order valence-corrected chi connectivity index (χ2v) is 5.48. The Labute approximate surface area is 118 Å². The van der Waals surface area contributed by atoms with Gasteiger partial charge in [-0.25, -0.2) is 9.07 Å². The first-order valence-corrected chi connectivity index (χ1v) is 6.87. The number of hydrogen-bond acceptors (Lipinski definition) is 2. The maximum Gasteiger partial charge on any atom is 0.142 e. The van der Waals surface area contributed by atoms with Gasteiger partial charge in [0, 0.05) is 6.20 Å². The lowest BCUT2D eigenvalue weighted by Crippen LogP contribution is -2.00. The Kier molecular flexibility index (Phi) is 4.35. The van der Waals surface area contributed by atoms with Gasteiger partial charge >= 0.3 is 0 Å². The van der Waals surface area contributed by atoms with E-state index in [0.717, 1.165) is 17.7 Å². The van der Waals surface area contributed by atoms with Crippen LogP contribution in [0, 0.1) is 5.82 Å². The zero-order valence-electron chi connectivity index (χ0n) is 9.78. The highest BCUT2D eigenvalue weighted by Gasteiger charge is 2.10. The van der Waals surface area contributed by atoms with Crippen LogP contribution in [0.2, 0.25) is 5.02 Å². The molecule has 1 unspecified atom stereocenters. The van der Waals surface area contributed by atoms with E-state index in [2.05, 4.69) is 33.2 Å². The molecule has 0 aliphatic heterocycles. The lowest BCUT2D eigenvalue weighted by Gasteiger charge is -2.02. The predicted molar refractivity (Wildman–Crippen MR) is 72.5 cm³/mol. The molecule has 0 aliphatic rings. The third kappa shape index (κ3) is 3.09. The summed E-state index contributed by atoms with van der Waals surface area (Å²) in [5, 5.41) is 8.21. The van der Waals surface area contributed by atoms with Crippen molar-refractivity contribution in [2.75, 3.05) is 0 Å². The van der Waals surface area contributed by atoms with Gasteiger partial charge in [-0.2, -0.15) is 0 Å². The Balaban J connectivity index is 2.13. The Bertz CT molecular complexity index is 544. The monoisotopic (exact) mass is 331 g/mol. The quantitative estimate of drug-likeness (QED) is 0.793. The van der Waals surface area contributed by atoms with E-state index in [0.29, 0.717) is 6.54 Å². The van der Waals surface area contributed by atoms with E-state index >= 15 is 0 Å². The standard InChI is InChI=1S/C12H12BrClFN3/c1-2-9(13)12-7-18(17-16-12)6-8-3-4-10(14)11(15)5-8/h3-5,7,9H,2,6H2,1H3. The molecular weight excluding hydrogens is 321 g/mol. The smallest absolute Gasteiger partial charge is 0.142 e. The van der Waals surface area contributed by atoms with Crippen LogP contribution in [-0.2, 0) is 6.54 Å². The lowest BCUT2D eigenvalue weighted by atomic mass is 10.2. The molecule has 3 nitrogen and oxygen atoms in total. The van der Waals surface area contributed by atoms with Gasteiger partial charge in [0.2, 0.25) is 0 Å². The molecule has 1 heterocycles. The zero-order valence-corrected chi connectivity index (χ0v) is 12.1. The molecule has 0 radical (unpaired) electrons. The highest BCUT2D eigenvalue weighted by molar-refractivity contribution is 9.09. The summed E-state index contributed by atoms with van der Waals surface area (Å²) >= 11 is 9.14. The van der Waals surface area contributed by atoms with Gasteiger partial charge in [0.15, 0.2) is 0 Å². The first-order valence-electron chi connectivity index (χ1n) is 5.58. The molecule has 1 atom stereocenters. The summed E-state index contributed by atoms with van der Waals surface area (Å²) in [5.41, 5.74) is 1.68. The van der Waals surface area contributed by atoms with Crippen molar-refractivity contribution in [1.29, 1.82) is 0 Å². The number of hydrogen-bond donors (Lipinski definition) is 0. The minimum Gasteiger partial charge on any atom is -0.248 e. The molecule has 0 aliphatic carbocycles. The van der Waals surface area contributed by atoms with Crippen molar-refractivity contribution in [3.63, 3.8) is 0 Å². The first kappa shape index (κ1) is 13.5. The minimum absolute atomic E-state index is 0.129. The van der Waals surface area contributed by atoms with Crippen molar-refractivity contribution in [2.24, 2.45) is 0 Å². The number of nitrogens with zero attached hydrogens (tertiary/aromatic N) is 3. The van der Waals surface area contributed by atoms with Gasteiger partial charge in [-0.3, -0.25) is 0 Å². The summed E-state index contributed by atoms with van der Waals surface area (Å²) in [6, 6.07) is 4.73. The van der Waals surface area contributed by atoms with Crippen LogP contribution in [0.1, 0.15) is 29.4 Å². The molecule has 2 rings (SSSR count). The largest absolute Gasteiger partial charge is 0.248 e. The molecular formula is C12H12BrClFN3. The second-order valence-electron chi connectivity index (χ2n) is 3.97. The van der Waals surface area contributed by atoms with Crippen LogP contribution in [0.15, 0.2) is 24.4 Å². The third-order valence-corrected chi connectivity index (χ3v) is 3.99. The molecule has 2 aromatic rings. The van der Waals surface area contributed by atoms with Crippen molar-refractivity contribution < 1.29 is 4.39 Å². The van der Waals surface area contributed by atoms with E-state index in [1.165, 1.54) is 6.07 Å². The topological polar surface area (TPSA) is 30.7 Å². The summed E-state index contributed by atoms with van der Waals surface area (Å²) in [6.07, 6.45) is 2.80. The van der Waals surface area contributed by atoms with E-state index in [9.17, 15) is 4.39 Å². The van der Waals surface area contributed by atoms with Crippen LogP contribution < -0.4 is 0 Å². The van der Waals surface area contributed by atoms with Crippen molar-refractivity contribution >= 4 is 27.5 Å². The number of alkyl halides is 1. The van der Waals surface area contributed by atoms with Crippen LogP contribution in [0.25, 0.3) is 0 Å². The number of benzene rings is 1. The van der Waals surface area contributed by atoms with E-state index in [1.54, 1.807) is 16.8 Å². The van der Waals surface area contributed by atoms with Crippen molar-refractivity contribution in [3.05, 3.63) is 46.5 Å². The van der Waals surface area contributed by atoms with Gasteiger partial charge in [0.25, 0.3) is 0 Å². The Hall–Kier alpha value is -0.940. The number of aromatic nitrogens is 3. The van der Waals surface area contributed by atoms with Crippen molar-refractivity contribution in [1.82, 2.24) is 15.0 Å². The second kappa shape index (κ2) is 5.80. The predicted octanol–water partition coefficient (Wildman–Crippen LogP) is 3.96. The molecule has 18 heavy (non-hydrogen) atoms. The fraction of sp³-hybridized carbons (Fsp3) is 0.333. The summed E-state index contributed by atoms with van der Waals surface area (Å²) in [5.74, 6) is -0.415. The number of rotatable bonds is 4. The Morgan fingerprint density at radius 2 is 2.28 bits per heavy atom. The van der Waals surface area contributed by atoms with Crippen LogP contribution in [-0.4, -0.2) is 15.0 Å². The van der Waals surface area contributed by atoms with Gasteiger partial charge in [0.1, 0.15) is 5.82 Å². The number of halogens is 3. The third-order valence-electron chi connectivity index (χ3n) is 2.56. The molecule has 0 saturated carbocycles. The van der Waals surface area contributed by atoms with Crippen LogP contribution >= 0.6 is 27.5 Å². The van der Waals surface area contributed by atoms with Gasteiger partial charge in [0.05, 0.1) is 22.1 Å². The van der Waals surface area contributed by atoms with Crippen LogP contribution in [0.5, 0.6) is 0 Å². The first-order chi connectivity index (χ1) is 8.60. The maximum absolute atomic E-state index is 13.3. The zero-order chi connectivity index (χ0) is 13.1. The minimum atomic E-state index is -0.415. The van der Waals surface area contributed by atoms with E-state index in [4.69, 9.17) is 11.6 Å². The van der Waals surface area contributed by atoms with Crippen molar-refractivity contribution in [3.8, 4) is 0 Å².